The Morgan fingerprint density at radius 3 is 2.37 bits per heavy atom. The van der Waals surface area contributed by atoms with Crippen LogP contribution in [0.2, 0.25) is 10.0 Å². The minimum atomic E-state index is -4.37. The third kappa shape index (κ3) is 3.13. The van der Waals surface area contributed by atoms with Gasteiger partial charge in [0.15, 0.2) is 0 Å². The van der Waals surface area contributed by atoms with E-state index in [1.807, 2.05) is 0 Å². The maximum absolute atomic E-state index is 13.6. The van der Waals surface area contributed by atoms with Crippen LogP contribution in [0, 0.1) is 5.82 Å². The van der Waals surface area contributed by atoms with E-state index in [-0.39, 0.29) is 11.6 Å². The average molecular weight is 347 g/mol. The van der Waals surface area contributed by atoms with Crippen molar-refractivity contribution in [2.24, 2.45) is 0 Å². The Labute approximate surface area is 123 Å². The lowest BCUT2D eigenvalue weighted by molar-refractivity contribution is 0.0950. The second-order valence-electron chi connectivity index (χ2n) is 4.05. The molecule has 19 heavy (non-hydrogen) atoms. The van der Waals surface area contributed by atoms with E-state index < -0.39 is 35.7 Å². The molecule has 1 aliphatic rings. The summed E-state index contributed by atoms with van der Waals surface area (Å²) < 4.78 is 36.2. The van der Waals surface area contributed by atoms with Crippen LogP contribution in [-0.4, -0.2) is 20.4 Å². The smallest absolute Gasteiger partial charge is 0.264 e. The van der Waals surface area contributed by atoms with Crippen LogP contribution in [0.4, 0.5) is 4.39 Å². The molecule has 104 valence electrons. The Kier molecular flexibility index (Phi) is 3.97. The molecule has 1 N–H and O–H groups in total. The normalized spacial score (nSPS) is 15.4. The number of carbonyl (C=O) groups is 1. The van der Waals surface area contributed by atoms with E-state index in [9.17, 15) is 17.6 Å². The highest BCUT2D eigenvalue weighted by atomic mass is 35.7. The van der Waals surface area contributed by atoms with Crippen molar-refractivity contribution in [2.45, 2.75) is 23.8 Å². The Morgan fingerprint density at radius 1 is 1.32 bits per heavy atom. The van der Waals surface area contributed by atoms with Gasteiger partial charge in [-0.2, -0.15) is 0 Å². The second kappa shape index (κ2) is 5.09. The predicted molar refractivity (Wildman–Crippen MR) is 69.9 cm³/mol. The third-order valence-corrected chi connectivity index (χ3v) is 4.86. The summed E-state index contributed by atoms with van der Waals surface area (Å²) in [5, 5.41) is 1.35. The molecule has 0 radical (unpaired) electrons. The van der Waals surface area contributed by atoms with Crippen LogP contribution in [0.25, 0.3) is 0 Å². The molecule has 0 heterocycles. The van der Waals surface area contributed by atoms with Crippen LogP contribution in [-0.2, 0) is 9.05 Å². The first kappa shape index (κ1) is 14.8. The number of rotatable bonds is 3. The molecule has 0 aromatic heterocycles. The summed E-state index contributed by atoms with van der Waals surface area (Å²) in [6.07, 6.45) is 1.64. The Hall–Kier alpha value is -0.560. The molecule has 4 nitrogen and oxygen atoms in total. The van der Waals surface area contributed by atoms with Gasteiger partial charge in [0.05, 0.1) is 15.6 Å². The number of amides is 1. The van der Waals surface area contributed by atoms with Gasteiger partial charge in [0, 0.05) is 16.7 Å². The van der Waals surface area contributed by atoms with Crippen LogP contribution >= 0.6 is 33.9 Å². The first-order valence-electron chi connectivity index (χ1n) is 5.15. The van der Waals surface area contributed by atoms with Crippen molar-refractivity contribution in [1.82, 2.24) is 5.32 Å². The number of hydrogen-bond acceptors (Lipinski definition) is 3. The highest BCUT2D eigenvalue weighted by Gasteiger charge is 2.30. The molecule has 1 saturated carbocycles. The lowest BCUT2D eigenvalue weighted by Gasteiger charge is -2.10. The first-order chi connectivity index (χ1) is 8.71. The SMILES string of the molecule is O=C(NC1CC1)c1cc(F)c(Cl)c(S(=O)(=O)Cl)c1Cl. The summed E-state index contributed by atoms with van der Waals surface area (Å²) in [4.78, 5) is 11.0. The van der Waals surface area contributed by atoms with Crippen LogP contribution in [0.1, 0.15) is 23.2 Å². The molecular weight excluding hydrogens is 340 g/mol. The minimum Gasteiger partial charge on any atom is -0.349 e. The molecule has 1 aromatic carbocycles. The zero-order valence-corrected chi connectivity index (χ0v) is 12.3. The summed E-state index contributed by atoms with van der Waals surface area (Å²) in [5.74, 6) is -1.74. The molecule has 2 rings (SSSR count). The van der Waals surface area contributed by atoms with Crippen molar-refractivity contribution in [2.75, 3.05) is 0 Å². The van der Waals surface area contributed by atoms with Gasteiger partial charge < -0.3 is 5.32 Å². The van der Waals surface area contributed by atoms with E-state index in [1.165, 1.54) is 0 Å². The number of nitrogens with one attached hydrogen (secondary N) is 1. The molecule has 0 atom stereocenters. The van der Waals surface area contributed by atoms with Gasteiger partial charge in [0.2, 0.25) is 0 Å². The van der Waals surface area contributed by atoms with Gasteiger partial charge >= 0.3 is 0 Å². The van der Waals surface area contributed by atoms with Gasteiger partial charge in [0.1, 0.15) is 10.7 Å². The minimum absolute atomic E-state index is 0.0124. The highest BCUT2D eigenvalue weighted by Crippen LogP contribution is 2.36. The molecule has 1 aliphatic carbocycles. The fraction of sp³-hybridized carbons (Fsp3) is 0.300. The van der Waals surface area contributed by atoms with Crippen molar-refractivity contribution >= 4 is 48.8 Å². The van der Waals surface area contributed by atoms with Gasteiger partial charge in [0.25, 0.3) is 15.0 Å². The maximum atomic E-state index is 13.6. The van der Waals surface area contributed by atoms with E-state index in [0.717, 1.165) is 18.9 Å². The Morgan fingerprint density at radius 2 is 1.89 bits per heavy atom. The number of benzene rings is 1. The van der Waals surface area contributed by atoms with Crippen molar-refractivity contribution in [3.8, 4) is 0 Å². The van der Waals surface area contributed by atoms with Crippen LogP contribution in [0.15, 0.2) is 11.0 Å². The number of carbonyl (C=O) groups excluding carboxylic acids is 1. The molecule has 9 heteroatoms. The molecule has 0 spiro atoms. The number of halogens is 4. The maximum Gasteiger partial charge on any atom is 0.264 e. The van der Waals surface area contributed by atoms with Gasteiger partial charge in [-0.15, -0.1) is 0 Å². The van der Waals surface area contributed by atoms with Crippen molar-refractivity contribution in [3.05, 3.63) is 27.5 Å². The van der Waals surface area contributed by atoms with E-state index >= 15 is 0 Å². The van der Waals surface area contributed by atoms with Gasteiger partial charge in [-0.05, 0) is 18.9 Å². The van der Waals surface area contributed by atoms with Gasteiger partial charge in [-0.3, -0.25) is 4.79 Å². The van der Waals surface area contributed by atoms with E-state index in [2.05, 4.69) is 5.32 Å². The summed E-state index contributed by atoms with van der Waals surface area (Å²) in [7, 11) is 0.774. The van der Waals surface area contributed by atoms with E-state index in [1.54, 1.807) is 0 Å². The zero-order chi connectivity index (χ0) is 14.4. The first-order valence-corrected chi connectivity index (χ1v) is 8.21. The standard InChI is InChI=1S/C10H7Cl3FNO3S/c11-7-5(10(16)15-4-1-2-4)3-6(14)8(12)9(7)19(13,17)18/h3-4H,1-2H2,(H,15,16). The van der Waals surface area contributed by atoms with Gasteiger partial charge in [-0.25, -0.2) is 12.8 Å². The highest BCUT2D eigenvalue weighted by molar-refractivity contribution is 8.14. The lowest BCUT2D eigenvalue weighted by atomic mass is 10.2. The van der Waals surface area contributed by atoms with Crippen LogP contribution in [0.3, 0.4) is 0 Å². The largest absolute Gasteiger partial charge is 0.349 e. The molecule has 1 fully saturated rings. The fourth-order valence-corrected chi connectivity index (χ4v) is 3.83. The fourth-order valence-electron chi connectivity index (χ4n) is 1.45. The second-order valence-corrected chi connectivity index (χ2v) is 7.31. The Balaban J connectivity index is 2.56. The lowest BCUT2D eigenvalue weighted by Crippen LogP contribution is -2.26. The van der Waals surface area contributed by atoms with Gasteiger partial charge in [-0.1, -0.05) is 23.2 Å². The molecule has 0 saturated heterocycles. The Bertz CT molecular complexity index is 658. The summed E-state index contributed by atoms with van der Waals surface area (Å²) >= 11 is 11.3. The van der Waals surface area contributed by atoms with E-state index in [0.29, 0.717) is 0 Å². The zero-order valence-electron chi connectivity index (χ0n) is 9.21. The summed E-state index contributed by atoms with van der Waals surface area (Å²) in [6.45, 7) is 0. The summed E-state index contributed by atoms with van der Waals surface area (Å²) in [5.41, 5.74) is -0.310. The van der Waals surface area contributed by atoms with Crippen LogP contribution < -0.4 is 5.32 Å². The van der Waals surface area contributed by atoms with Crippen molar-refractivity contribution in [1.29, 1.82) is 0 Å². The molecular formula is C10H7Cl3FNO3S. The average Bonchev–Trinajstić information content (AvgIpc) is 3.05. The quantitative estimate of drug-likeness (QED) is 0.676. The van der Waals surface area contributed by atoms with Crippen molar-refractivity contribution in [3.63, 3.8) is 0 Å². The third-order valence-electron chi connectivity index (χ3n) is 2.52. The molecule has 0 bridgehead atoms. The van der Waals surface area contributed by atoms with Crippen molar-refractivity contribution < 1.29 is 17.6 Å². The molecule has 1 amide bonds. The van der Waals surface area contributed by atoms with Crippen LogP contribution in [0.5, 0.6) is 0 Å². The topological polar surface area (TPSA) is 63.2 Å². The summed E-state index contributed by atoms with van der Waals surface area (Å²) in [6, 6.07) is 0.798. The molecule has 1 aromatic rings. The molecule has 0 unspecified atom stereocenters. The number of hydrogen-bond donors (Lipinski definition) is 1. The molecule has 0 aliphatic heterocycles. The van der Waals surface area contributed by atoms with E-state index in [4.69, 9.17) is 33.9 Å². The monoisotopic (exact) mass is 345 g/mol. The predicted octanol–water partition coefficient (Wildman–Crippen LogP) is 2.95.